The van der Waals surface area contributed by atoms with Gasteiger partial charge in [0.05, 0.1) is 12.5 Å². The number of furan rings is 2. The Morgan fingerprint density at radius 2 is 1.10 bits per heavy atom. The summed E-state index contributed by atoms with van der Waals surface area (Å²) >= 11 is 0. The molecule has 30 heavy (non-hydrogen) atoms. The molecule has 4 aromatic rings. The third kappa shape index (κ3) is 2.60. The van der Waals surface area contributed by atoms with Gasteiger partial charge in [0.15, 0.2) is 11.5 Å². The fraction of sp³-hybridized carbons (Fsp3) is 0. The van der Waals surface area contributed by atoms with Gasteiger partial charge in [-0.3, -0.25) is 0 Å². The number of rotatable bonds is 2. The van der Waals surface area contributed by atoms with Crippen LogP contribution in [0, 0.1) is 22.9 Å². The van der Waals surface area contributed by atoms with Gasteiger partial charge in [-0.05, 0) is 24.3 Å². The third-order valence-electron chi connectivity index (χ3n) is 4.61. The number of nitriles is 2. The van der Waals surface area contributed by atoms with Crippen LogP contribution in [0.2, 0.25) is 0 Å². The molecule has 0 saturated carbocycles. The van der Waals surface area contributed by atoms with Gasteiger partial charge in [-0.15, -0.1) is 0 Å². The number of fused-ring (bicyclic) bond motifs is 2. The summed E-state index contributed by atoms with van der Waals surface area (Å²) in [5.41, 5.74) is 3.52. The summed E-state index contributed by atoms with van der Waals surface area (Å²) in [6.45, 7) is 0. The van der Waals surface area contributed by atoms with Crippen molar-refractivity contribution in [3.8, 4) is 35.3 Å². The van der Waals surface area contributed by atoms with Crippen LogP contribution in [0.25, 0.3) is 22.9 Å². The number of hydrogen-bond acceptors (Lipinski definition) is 8. The van der Waals surface area contributed by atoms with Crippen LogP contribution in [0.4, 0.5) is 0 Å². The van der Waals surface area contributed by atoms with Crippen molar-refractivity contribution in [3.63, 3.8) is 0 Å². The molecule has 5 rings (SSSR count). The first-order valence-corrected chi connectivity index (χ1v) is 8.85. The van der Waals surface area contributed by atoms with Crippen LogP contribution in [0.5, 0.6) is 0 Å². The van der Waals surface area contributed by atoms with Crippen molar-refractivity contribution < 1.29 is 8.83 Å². The van der Waals surface area contributed by atoms with Crippen LogP contribution in [0.3, 0.4) is 0 Å². The number of aliphatic imine (C=N–C) groups is 2. The average molecular weight is 390 g/mol. The highest BCUT2D eigenvalue weighted by atomic mass is 16.3. The van der Waals surface area contributed by atoms with Crippen LogP contribution in [0.1, 0.15) is 22.5 Å². The molecule has 0 atom stereocenters. The molecule has 1 aromatic carbocycles. The second kappa shape index (κ2) is 6.97. The van der Waals surface area contributed by atoms with Gasteiger partial charge in [-0.2, -0.15) is 20.5 Å². The Morgan fingerprint density at radius 3 is 1.47 bits per heavy atom. The highest BCUT2D eigenvalue weighted by Crippen LogP contribution is 2.34. The van der Waals surface area contributed by atoms with Gasteiger partial charge in [-0.1, -0.05) is 24.3 Å². The predicted molar refractivity (Wildman–Crippen MR) is 106 cm³/mol. The zero-order chi connectivity index (χ0) is 20.5. The lowest BCUT2D eigenvalue weighted by molar-refractivity contribution is 0.571. The molecular formula is C22H10N6O2. The van der Waals surface area contributed by atoms with Crippen molar-refractivity contribution >= 4 is 11.4 Å². The first-order valence-electron chi connectivity index (χ1n) is 8.85. The second-order valence-corrected chi connectivity index (χ2v) is 6.24. The van der Waals surface area contributed by atoms with E-state index in [1.165, 1.54) is 12.5 Å². The van der Waals surface area contributed by atoms with Crippen LogP contribution < -0.4 is 0 Å². The monoisotopic (exact) mass is 390 g/mol. The van der Waals surface area contributed by atoms with E-state index in [2.05, 4.69) is 9.98 Å². The maximum atomic E-state index is 9.30. The van der Waals surface area contributed by atoms with Gasteiger partial charge in [0.2, 0.25) is 12.4 Å². The van der Waals surface area contributed by atoms with E-state index in [0.29, 0.717) is 56.8 Å². The highest BCUT2D eigenvalue weighted by Gasteiger charge is 2.32. The van der Waals surface area contributed by atoms with E-state index in [1.807, 2.05) is 24.5 Å². The topological polar surface area (TPSA) is 124 Å². The molecule has 0 N–H and O–H groups in total. The molecule has 0 amide bonds. The Hall–Kier alpha value is -4.82. The van der Waals surface area contributed by atoms with Crippen LogP contribution in [-0.4, -0.2) is 21.4 Å². The summed E-state index contributed by atoms with van der Waals surface area (Å²) < 4.78 is 11.1. The van der Waals surface area contributed by atoms with E-state index in [0.717, 1.165) is 0 Å². The smallest absolute Gasteiger partial charge is 0.206 e. The molecule has 0 radical (unpaired) electrons. The van der Waals surface area contributed by atoms with Gasteiger partial charge in [0.1, 0.15) is 34.2 Å². The minimum absolute atomic E-state index is 0.339. The number of nitrogens with zero attached hydrogens (tertiary/aromatic N) is 6. The molecule has 8 heteroatoms. The Bertz CT molecular complexity index is 1290. The lowest BCUT2D eigenvalue weighted by Gasteiger charge is -2.21. The fourth-order valence-electron chi connectivity index (χ4n) is 3.41. The van der Waals surface area contributed by atoms with Crippen molar-refractivity contribution in [3.05, 3.63) is 83.6 Å². The Kier molecular flexibility index (Phi) is 4.02. The van der Waals surface area contributed by atoms with Crippen LogP contribution in [0.15, 0.2) is 79.9 Å². The van der Waals surface area contributed by atoms with Crippen molar-refractivity contribution in [2.75, 3.05) is 0 Å². The molecule has 0 fully saturated rings. The maximum absolute atomic E-state index is 9.30. The van der Waals surface area contributed by atoms with Crippen LogP contribution in [-0.2, 0) is 0 Å². The van der Waals surface area contributed by atoms with Crippen molar-refractivity contribution in [2.45, 2.75) is 0 Å². The van der Waals surface area contributed by atoms with E-state index in [-0.39, 0.29) is 0 Å². The molecule has 8 nitrogen and oxygen atoms in total. The first-order chi connectivity index (χ1) is 14.8. The SMILES string of the molecule is N#CN=C1c2ccccc2C(=NC#N)c2nc(-c3ccco3)c(-c3ccco3)nc21. The van der Waals surface area contributed by atoms with Gasteiger partial charge in [-0.25, -0.2) is 9.97 Å². The molecule has 1 aliphatic carbocycles. The fourth-order valence-corrected chi connectivity index (χ4v) is 3.41. The van der Waals surface area contributed by atoms with E-state index in [9.17, 15) is 10.5 Å². The number of aromatic nitrogens is 2. The Morgan fingerprint density at radius 1 is 0.633 bits per heavy atom. The standard InChI is InChI=1S/C22H10N6O2/c23-11-25-17-13-5-1-2-6-14(13)18(26-12-24)22-21(17)27-19(15-7-3-9-29-15)20(28-22)16-8-4-10-30-16/h1-10H. The Labute approximate surface area is 170 Å². The third-order valence-corrected chi connectivity index (χ3v) is 4.61. The molecule has 0 bridgehead atoms. The molecule has 140 valence electrons. The highest BCUT2D eigenvalue weighted by molar-refractivity contribution is 6.30. The minimum atomic E-state index is 0.339. The summed E-state index contributed by atoms with van der Waals surface area (Å²) in [5, 5.41) is 18.6. The lowest BCUT2D eigenvalue weighted by Crippen LogP contribution is -2.25. The summed E-state index contributed by atoms with van der Waals surface area (Å²) in [5.74, 6) is 0.955. The summed E-state index contributed by atoms with van der Waals surface area (Å²) in [4.78, 5) is 17.5. The first kappa shape index (κ1) is 17.3. The largest absolute Gasteiger partial charge is 0.463 e. The van der Waals surface area contributed by atoms with Crippen molar-refractivity contribution in [1.82, 2.24) is 9.97 Å². The van der Waals surface area contributed by atoms with E-state index in [1.54, 1.807) is 36.4 Å². The molecule has 0 spiro atoms. The quantitative estimate of drug-likeness (QED) is 0.420. The van der Waals surface area contributed by atoms with Crippen molar-refractivity contribution in [2.24, 2.45) is 9.98 Å². The van der Waals surface area contributed by atoms with Gasteiger partial charge in [0, 0.05) is 11.1 Å². The molecule has 3 aromatic heterocycles. The summed E-state index contributed by atoms with van der Waals surface area (Å²) in [7, 11) is 0. The number of hydrogen-bond donors (Lipinski definition) is 0. The molecule has 3 heterocycles. The molecule has 0 saturated heterocycles. The second-order valence-electron chi connectivity index (χ2n) is 6.24. The predicted octanol–water partition coefficient (Wildman–Crippen LogP) is 3.95. The number of benzene rings is 1. The van der Waals surface area contributed by atoms with Crippen molar-refractivity contribution in [1.29, 1.82) is 10.5 Å². The van der Waals surface area contributed by atoms with E-state index in [4.69, 9.17) is 18.8 Å². The van der Waals surface area contributed by atoms with Gasteiger partial charge < -0.3 is 8.83 Å². The lowest BCUT2D eigenvalue weighted by atomic mass is 9.88. The molecule has 1 aliphatic rings. The van der Waals surface area contributed by atoms with E-state index < -0.39 is 0 Å². The molecular weight excluding hydrogens is 380 g/mol. The molecule has 0 aliphatic heterocycles. The van der Waals surface area contributed by atoms with Gasteiger partial charge in [0.25, 0.3) is 0 Å². The van der Waals surface area contributed by atoms with Crippen LogP contribution >= 0.6 is 0 Å². The Balaban J connectivity index is 1.90. The normalized spacial score (nSPS) is 14.7. The summed E-state index contributed by atoms with van der Waals surface area (Å²) in [6, 6.07) is 14.2. The molecule has 0 unspecified atom stereocenters. The summed E-state index contributed by atoms with van der Waals surface area (Å²) in [6.07, 6.45) is 6.74. The average Bonchev–Trinajstić information content (AvgIpc) is 3.49. The zero-order valence-electron chi connectivity index (χ0n) is 15.3. The van der Waals surface area contributed by atoms with Gasteiger partial charge >= 0.3 is 0 Å². The zero-order valence-corrected chi connectivity index (χ0v) is 15.3. The minimum Gasteiger partial charge on any atom is -0.463 e. The van der Waals surface area contributed by atoms with E-state index >= 15 is 0 Å². The maximum Gasteiger partial charge on any atom is 0.206 e.